The summed E-state index contributed by atoms with van der Waals surface area (Å²) >= 11 is 17.5. The maximum absolute atomic E-state index is 5.90. The van der Waals surface area contributed by atoms with Gasteiger partial charge in [-0.05, 0) is 12.5 Å². The zero-order chi connectivity index (χ0) is 27.6. The molecular formula is C34H69Cl3Si. The number of hydrogen-bond acceptors (Lipinski definition) is 0. The van der Waals surface area contributed by atoms with Crippen LogP contribution in [0.3, 0.4) is 0 Å². The van der Waals surface area contributed by atoms with Crippen LogP contribution < -0.4 is 0 Å². The minimum absolute atomic E-state index is 0.844. The summed E-state index contributed by atoms with van der Waals surface area (Å²) in [5.41, 5.74) is 0. The van der Waals surface area contributed by atoms with Gasteiger partial charge in [-0.25, -0.2) is 0 Å². The summed E-state index contributed by atoms with van der Waals surface area (Å²) in [6, 6.07) is 1.10. The largest absolute Gasteiger partial charge is 0.237 e. The van der Waals surface area contributed by atoms with Gasteiger partial charge < -0.3 is 0 Å². The fraction of sp³-hybridized carbons (Fsp3) is 1.00. The van der Waals surface area contributed by atoms with Crippen LogP contribution in [0.5, 0.6) is 0 Å². The average Bonchev–Trinajstić information content (AvgIpc) is 2.91. The van der Waals surface area contributed by atoms with Crippen LogP contribution in [-0.4, -0.2) is 13.3 Å². The zero-order valence-corrected chi connectivity index (χ0v) is 29.2. The fourth-order valence-electron chi connectivity index (χ4n) is 5.70. The molecule has 0 unspecified atom stereocenters. The molecule has 0 aromatic carbocycles. The maximum atomic E-state index is 5.90. The smallest absolute Gasteiger partial charge is 0.150 e. The van der Waals surface area contributed by atoms with Crippen molar-refractivity contribution in [3.63, 3.8) is 0 Å². The first-order valence-electron chi connectivity index (χ1n) is 17.6. The molecule has 0 N–H and O–H groups in total. The Balaban J connectivity index is 3.02. The second-order valence-corrected chi connectivity index (χ2v) is 17.8. The first-order chi connectivity index (χ1) is 18.8. The molecule has 0 aliphatic carbocycles. The Bertz CT molecular complexity index is 405. The lowest BCUT2D eigenvalue weighted by Gasteiger charge is -2.05. The van der Waals surface area contributed by atoms with Crippen LogP contribution in [0.15, 0.2) is 0 Å². The van der Waals surface area contributed by atoms with E-state index in [0.717, 1.165) is 11.9 Å². The van der Waals surface area contributed by atoms with E-state index in [1.807, 2.05) is 0 Å². The highest BCUT2D eigenvalue weighted by Gasteiger charge is 2.01. The van der Waals surface area contributed by atoms with Crippen LogP contribution >= 0.6 is 33.8 Å². The molecule has 0 saturated carbocycles. The van der Waals surface area contributed by atoms with E-state index < -0.39 is 7.42 Å². The third-order valence-electron chi connectivity index (χ3n) is 8.31. The summed E-state index contributed by atoms with van der Waals surface area (Å²) in [5, 5.41) is 0. The van der Waals surface area contributed by atoms with Crippen molar-refractivity contribution in [3.8, 4) is 0 Å². The summed E-state index contributed by atoms with van der Waals surface area (Å²) < 4.78 is 0. The minimum atomic E-state index is -1.34. The summed E-state index contributed by atoms with van der Waals surface area (Å²) in [6.07, 6.45) is 46.0. The van der Waals surface area contributed by atoms with Gasteiger partial charge in [-0.2, -0.15) is 22.2 Å². The van der Waals surface area contributed by atoms with Gasteiger partial charge in [0.2, 0.25) is 7.42 Å². The van der Waals surface area contributed by atoms with Crippen molar-refractivity contribution in [2.24, 2.45) is 0 Å². The lowest BCUT2D eigenvalue weighted by atomic mass is 10.0. The first kappa shape index (κ1) is 39.1. The van der Waals surface area contributed by atoms with Crippen LogP contribution in [0.2, 0.25) is 6.04 Å². The molecular weight excluding hydrogens is 543 g/mol. The van der Waals surface area contributed by atoms with E-state index in [0.29, 0.717) is 0 Å². The van der Waals surface area contributed by atoms with Gasteiger partial charge in [0.25, 0.3) is 0 Å². The molecule has 0 rings (SSSR count). The molecule has 0 aromatic heterocycles. The first-order valence-corrected chi connectivity index (χ1v) is 22.5. The number of alkyl halides is 1. The molecule has 0 radical (unpaired) electrons. The van der Waals surface area contributed by atoms with E-state index in [1.165, 1.54) is 205 Å². The van der Waals surface area contributed by atoms with Crippen molar-refractivity contribution >= 4 is 41.2 Å². The molecule has 0 fully saturated rings. The van der Waals surface area contributed by atoms with Crippen molar-refractivity contribution in [1.82, 2.24) is 0 Å². The summed E-state index contributed by atoms with van der Waals surface area (Å²) in [4.78, 5) is 0. The highest BCUT2D eigenvalue weighted by Crippen LogP contribution is 2.17. The predicted molar refractivity (Wildman–Crippen MR) is 182 cm³/mol. The number of rotatable bonds is 34. The van der Waals surface area contributed by atoms with Crippen LogP contribution in [0, 0.1) is 0 Å². The second-order valence-electron chi connectivity index (χ2n) is 12.2. The van der Waals surface area contributed by atoms with E-state index in [-0.39, 0.29) is 0 Å². The molecule has 0 heterocycles. The molecule has 0 amide bonds. The van der Waals surface area contributed by atoms with Crippen molar-refractivity contribution in [3.05, 3.63) is 0 Å². The Labute approximate surface area is 257 Å². The van der Waals surface area contributed by atoms with Gasteiger partial charge in [0.15, 0.2) is 0 Å². The molecule has 0 atom stereocenters. The summed E-state index contributed by atoms with van der Waals surface area (Å²) in [5.74, 6) is 0.844. The van der Waals surface area contributed by atoms with Crippen LogP contribution in [0.25, 0.3) is 0 Å². The van der Waals surface area contributed by atoms with Crippen molar-refractivity contribution < 1.29 is 0 Å². The highest BCUT2D eigenvalue weighted by atomic mass is 35.7. The zero-order valence-electron chi connectivity index (χ0n) is 25.8. The summed E-state index contributed by atoms with van der Waals surface area (Å²) in [7, 11) is -1.34. The normalized spacial score (nSPS) is 11.7. The third kappa shape index (κ3) is 37.1. The third-order valence-corrected chi connectivity index (χ3v) is 10.7. The van der Waals surface area contributed by atoms with Gasteiger partial charge in [0.1, 0.15) is 0 Å². The van der Waals surface area contributed by atoms with Gasteiger partial charge >= 0.3 is 0 Å². The lowest BCUT2D eigenvalue weighted by Crippen LogP contribution is -1.91. The highest BCUT2D eigenvalue weighted by molar-refractivity contribution is 7.33. The van der Waals surface area contributed by atoms with Gasteiger partial charge in [-0.15, -0.1) is 11.6 Å². The Morgan fingerprint density at radius 1 is 0.237 bits per heavy atom. The molecule has 230 valence electrons. The van der Waals surface area contributed by atoms with E-state index in [1.54, 1.807) is 0 Å². The second kappa shape index (κ2) is 36.1. The molecule has 0 bridgehead atoms. The molecule has 0 saturated heterocycles. The van der Waals surface area contributed by atoms with E-state index >= 15 is 0 Å². The monoisotopic (exact) mass is 610 g/mol. The lowest BCUT2D eigenvalue weighted by molar-refractivity contribution is 0.512. The molecule has 0 aromatic rings. The Kier molecular flexibility index (Phi) is 37.1. The van der Waals surface area contributed by atoms with Gasteiger partial charge in [-0.1, -0.05) is 199 Å². The van der Waals surface area contributed by atoms with Crippen molar-refractivity contribution in [1.29, 1.82) is 0 Å². The van der Waals surface area contributed by atoms with E-state index in [4.69, 9.17) is 33.8 Å². The quantitative estimate of drug-likeness (QED) is 0.0294. The van der Waals surface area contributed by atoms with Crippen LogP contribution in [0.4, 0.5) is 0 Å². The van der Waals surface area contributed by atoms with Gasteiger partial charge in [0, 0.05) is 5.88 Å². The predicted octanol–water partition coefficient (Wildman–Crippen LogP) is 14.4. The Hall–Kier alpha value is 1.09. The molecule has 0 nitrogen and oxygen atoms in total. The minimum Gasteiger partial charge on any atom is -0.150 e. The molecule has 0 spiro atoms. The topological polar surface area (TPSA) is 0 Å². The van der Waals surface area contributed by atoms with Crippen molar-refractivity contribution in [2.75, 3.05) is 5.88 Å². The maximum Gasteiger partial charge on any atom is 0.237 e. The van der Waals surface area contributed by atoms with Gasteiger partial charge in [0.05, 0.1) is 0 Å². The Morgan fingerprint density at radius 3 is 0.553 bits per heavy atom. The van der Waals surface area contributed by atoms with Crippen LogP contribution in [-0.2, 0) is 0 Å². The molecule has 0 aliphatic heterocycles. The number of hydrogen-bond donors (Lipinski definition) is 0. The standard InChI is InChI=1S/C34H69Cl3Si/c35-33-31-29-27-25-23-21-19-17-15-13-11-9-7-5-3-1-2-4-6-8-10-12-14-16-18-20-22-24-26-28-30-32-34-38(36)37/h38H,1-34H2. The van der Waals surface area contributed by atoms with E-state index in [2.05, 4.69) is 0 Å². The van der Waals surface area contributed by atoms with Crippen LogP contribution in [0.1, 0.15) is 205 Å². The molecule has 4 heteroatoms. The number of unbranched alkanes of at least 4 members (excludes halogenated alkanes) is 31. The Morgan fingerprint density at radius 2 is 0.395 bits per heavy atom. The SMILES string of the molecule is ClCCCCCCCCCCCCCCCCCCCCCCCCCCCCCCCCCC[SiH](Cl)Cl. The van der Waals surface area contributed by atoms with Gasteiger partial charge in [-0.3, -0.25) is 0 Å². The van der Waals surface area contributed by atoms with Crippen molar-refractivity contribution in [2.45, 2.75) is 212 Å². The number of halogens is 3. The molecule has 0 aliphatic rings. The fourth-order valence-corrected chi connectivity index (χ4v) is 7.41. The average molecular weight is 612 g/mol. The van der Waals surface area contributed by atoms with E-state index in [9.17, 15) is 0 Å². The summed E-state index contributed by atoms with van der Waals surface area (Å²) in [6.45, 7) is 0. The molecule has 38 heavy (non-hydrogen) atoms.